The van der Waals surface area contributed by atoms with Crippen LogP contribution in [0.5, 0.6) is 11.5 Å². The number of fused-ring (bicyclic) bond motifs is 1. The van der Waals surface area contributed by atoms with Gasteiger partial charge in [0.05, 0.1) is 31.0 Å². The Morgan fingerprint density at radius 2 is 1.88 bits per heavy atom. The first-order valence-corrected chi connectivity index (χ1v) is 17.3. The van der Waals surface area contributed by atoms with E-state index in [0.29, 0.717) is 50.7 Å². The number of carbonyl (C=O) groups is 2. The summed E-state index contributed by atoms with van der Waals surface area (Å²) in [6.45, 7) is 6.31. The van der Waals surface area contributed by atoms with Crippen molar-refractivity contribution in [3.63, 3.8) is 0 Å². The minimum atomic E-state index is -1.09. The fraction of sp³-hybridized carbons (Fsp3) is 0.286. The van der Waals surface area contributed by atoms with E-state index in [2.05, 4.69) is 22.1 Å². The van der Waals surface area contributed by atoms with Crippen molar-refractivity contribution < 1.29 is 28.6 Å². The number of aryl methyl sites for hydroxylation is 2. The molecule has 13 heteroatoms. The van der Waals surface area contributed by atoms with Crippen LogP contribution in [0.3, 0.4) is 0 Å². The summed E-state index contributed by atoms with van der Waals surface area (Å²) < 4.78 is 28.2. The van der Waals surface area contributed by atoms with E-state index >= 15 is 0 Å². The highest BCUT2D eigenvalue weighted by molar-refractivity contribution is 8.00. The lowest BCUT2D eigenvalue weighted by Gasteiger charge is -2.23. The Morgan fingerprint density at radius 3 is 2.62 bits per heavy atom. The molecular weight excluding hydrogens is 654 g/mol. The molecule has 10 nitrogen and oxygen atoms in total. The first-order chi connectivity index (χ1) is 23.2. The van der Waals surface area contributed by atoms with E-state index in [1.54, 1.807) is 43.3 Å². The number of methoxy groups -OCH3 is 1. The van der Waals surface area contributed by atoms with Crippen LogP contribution in [0.2, 0.25) is 0 Å². The van der Waals surface area contributed by atoms with Gasteiger partial charge in [-0.25, -0.2) is 9.37 Å². The van der Waals surface area contributed by atoms with Gasteiger partial charge in [0.1, 0.15) is 17.2 Å². The topological polar surface area (TPSA) is 119 Å². The summed E-state index contributed by atoms with van der Waals surface area (Å²) in [5.41, 5.74) is 3.14. The molecule has 2 aromatic carbocycles. The fourth-order valence-corrected chi connectivity index (χ4v) is 7.49. The van der Waals surface area contributed by atoms with Crippen LogP contribution in [0.15, 0.2) is 70.7 Å². The van der Waals surface area contributed by atoms with E-state index in [1.165, 1.54) is 29.8 Å². The summed E-state index contributed by atoms with van der Waals surface area (Å²) in [5.74, 6) is -1.27. The number of benzene rings is 2. The van der Waals surface area contributed by atoms with Crippen LogP contribution >= 0.6 is 23.1 Å². The van der Waals surface area contributed by atoms with Crippen LogP contribution < -0.4 is 14.4 Å². The number of amides is 1. The number of ketones is 1. The van der Waals surface area contributed by atoms with Gasteiger partial charge in [-0.05, 0) is 61.2 Å². The number of Topliss-reactive ketones (excluding diaryl/α,β-unsaturated/α-hetero) is 1. The number of aliphatic hydroxyl groups excluding tert-OH is 1. The standard InChI is InChI=1S/C35H34FN5O5S2/c1-5-6-9-17-46-25-15-14-22(18-26(25)45-4)29-27(30(42)28-21(3)40-16-10-11-20(2)32(40)37-28)31(43)33(44)41(29)34-38-39-35(48-34)47-19-23-12-7-8-13-24(23)36/h7-8,10-16,18,29,42H,5-6,9,17,19H2,1-4H3/b30-27+. The average molecular weight is 688 g/mol. The molecule has 1 amide bonds. The van der Waals surface area contributed by atoms with Gasteiger partial charge >= 0.3 is 5.91 Å². The lowest BCUT2D eigenvalue weighted by Crippen LogP contribution is -2.29. The number of halogens is 1. The molecule has 248 valence electrons. The monoisotopic (exact) mass is 687 g/mol. The number of rotatable bonds is 12. The first kappa shape index (κ1) is 33.2. The Bertz CT molecular complexity index is 2040. The summed E-state index contributed by atoms with van der Waals surface area (Å²) in [6, 6.07) is 14.3. The molecule has 4 heterocycles. The fourth-order valence-electron chi connectivity index (χ4n) is 5.64. The van der Waals surface area contributed by atoms with Crippen LogP contribution in [0.1, 0.15) is 60.3 Å². The highest BCUT2D eigenvalue weighted by atomic mass is 32.2. The van der Waals surface area contributed by atoms with Gasteiger partial charge in [0.2, 0.25) is 5.13 Å². The number of imidazole rings is 1. The Hall–Kier alpha value is -4.75. The maximum absolute atomic E-state index is 14.3. The lowest BCUT2D eigenvalue weighted by atomic mass is 9.96. The third-order valence-corrected chi connectivity index (χ3v) is 10.3. The summed E-state index contributed by atoms with van der Waals surface area (Å²) >= 11 is 2.36. The zero-order valence-corrected chi connectivity index (χ0v) is 28.5. The van der Waals surface area contributed by atoms with E-state index in [4.69, 9.17) is 9.47 Å². The number of aliphatic hydroxyl groups is 1. The van der Waals surface area contributed by atoms with E-state index in [-0.39, 0.29) is 22.2 Å². The maximum atomic E-state index is 14.3. The Morgan fingerprint density at radius 1 is 1.06 bits per heavy atom. The number of pyridine rings is 1. The number of aromatic nitrogens is 4. The van der Waals surface area contributed by atoms with E-state index in [0.717, 1.165) is 36.2 Å². The second-order valence-electron chi connectivity index (χ2n) is 11.3. The largest absolute Gasteiger partial charge is 0.505 e. The minimum Gasteiger partial charge on any atom is -0.505 e. The second-order valence-corrected chi connectivity index (χ2v) is 13.5. The molecule has 1 N–H and O–H groups in total. The average Bonchev–Trinajstić information content (AvgIpc) is 3.77. The molecule has 0 spiro atoms. The molecule has 1 atom stereocenters. The van der Waals surface area contributed by atoms with Crippen molar-refractivity contribution in [1.82, 2.24) is 19.6 Å². The summed E-state index contributed by atoms with van der Waals surface area (Å²) in [6.07, 6.45) is 4.79. The van der Waals surface area contributed by atoms with Gasteiger partial charge in [-0.1, -0.05) is 73.2 Å². The smallest absolute Gasteiger partial charge is 0.301 e. The van der Waals surface area contributed by atoms with Crippen LogP contribution in [0, 0.1) is 19.7 Å². The number of anilines is 1. The Kier molecular flexibility index (Phi) is 9.78. The molecule has 0 bridgehead atoms. The second kappa shape index (κ2) is 14.2. The SMILES string of the molecule is CCCCCOc1ccc(C2/C(=C(\O)c3nc4c(C)cccn4c3C)C(=O)C(=O)N2c2nnc(SCc3ccccc3F)s2)cc1OC. The normalized spacial score (nSPS) is 15.9. The van der Waals surface area contributed by atoms with E-state index in [1.807, 2.05) is 29.7 Å². The van der Waals surface area contributed by atoms with Crippen molar-refractivity contribution in [3.8, 4) is 11.5 Å². The third-order valence-electron chi connectivity index (χ3n) is 8.17. The van der Waals surface area contributed by atoms with Gasteiger partial charge in [0.15, 0.2) is 21.6 Å². The van der Waals surface area contributed by atoms with Crippen LogP contribution in [0.25, 0.3) is 11.4 Å². The third kappa shape index (κ3) is 6.27. The molecule has 1 fully saturated rings. The first-order valence-electron chi connectivity index (χ1n) is 15.5. The van der Waals surface area contributed by atoms with Crippen molar-refractivity contribution in [1.29, 1.82) is 0 Å². The number of hydrogen-bond acceptors (Lipinski definition) is 10. The van der Waals surface area contributed by atoms with E-state index in [9.17, 15) is 19.1 Å². The number of hydrogen-bond donors (Lipinski definition) is 1. The molecule has 1 aliphatic rings. The Labute approximate surface area is 285 Å². The number of ether oxygens (including phenoxy) is 2. The van der Waals surface area contributed by atoms with Crippen LogP contribution in [0.4, 0.5) is 9.52 Å². The van der Waals surface area contributed by atoms with Gasteiger partial charge < -0.3 is 19.0 Å². The highest BCUT2D eigenvalue weighted by Gasteiger charge is 2.49. The predicted octanol–water partition coefficient (Wildman–Crippen LogP) is 7.44. The van der Waals surface area contributed by atoms with Gasteiger partial charge in [-0.3, -0.25) is 14.5 Å². The van der Waals surface area contributed by atoms with Crippen LogP contribution in [-0.4, -0.2) is 50.1 Å². The van der Waals surface area contributed by atoms with Gasteiger partial charge in [-0.2, -0.15) is 0 Å². The summed E-state index contributed by atoms with van der Waals surface area (Å²) in [4.78, 5) is 33.6. The highest BCUT2D eigenvalue weighted by Crippen LogP contribution is 2.46. The van der Waals surface area contributed by atoms with Crippen LogP contribution in [-0.2, 0) is 15.3 Å². The number of nitrogens with zero attached hydrogens (tertiary/aromatic N) is 5. The van der Waals surface area contributed by atoms with Gasteiger partial charge in [-0.15, -0.1) is 10.2 Å². The van der Waals surface area contributed by atoms with Crippen molar-refractivity contribution >= 4 is 51.3 Å². The molecule has 0 radical (unpaired) electrons. The van der Waals surface area contributed by atoms with Gasteiger partial charge in [0.25, 0.3) is 5.78 Å². The van der Waals surface area contributed by atoms with Crippen molar-refractivity contribution in [2.24, 2.45) is 0 Å². The number of unbranched alkanes of at least 4 members (excludes halogenated alkanes) is 2. The Balaban J connectivity index is 1.44. The summed E-state index contributed by atoms with van der Waals surface area (Å²) in [7, 11) is 1.52. The zero-order chi connectivity index (χ0) is 33.9. The lowest BCUT2D eigenvalue weighted by molar-refractivity contribution is -0.132. The van der Waals surface area contributed by atoms with Crippen molar-refractivity contribution in [2.75, 3.05) is 18.6 Å². The van der Waals surface area contributed by atoms with Crippen molar-refractivity contribution in [3.05, 3.63) is 100 Å². The quantitative estimate of drug-likeness (QED) is 0.0357. The molecule has 0 saturated carbocycles. The van der Waals surface area contributed by atoms with Gasteiger partial charge in [0, 0.05) is 11.9 Å². The zero-order valence-electron chi connectivity index (χ0n) is 26.9. The molecule has 0 aliphatic carbocycles. The van der Waals surface area contributed by atoms with E-state index < -0.39 is 23.5 Å². The van der Waals surface area contributed by atoms with Crippen molar-refractivity contribution in [2.45, 2.75) is 56.2 Å². The maximum Gasteiger partial charge on any atom is 0.301 e. The molecule has 5 aromatic rings. The number of carbonyl (C=O) groups excluding carboxylic acids is 2. The molecule has 1 unspecified atom stereocenters. The molecule has 1 saturated heterocycles. The minimum absolute atomic E-state index is 0.140. The molecule has 3 aromatic heterocycles. The molecule has 1 aliphatic heterocycles. The number of thioether (sulfide) groups is 1. The molecule has 6 rings (SSSR count). The summed E-state index contributed by atoms with van der Waals surface area (Å²) in [5, 5.41) is 20.5. The molecular formula is C35H34FN5O5S2. The predicted molar refractivity (Wildman–Crippen MR) is 183 cm³/mol. The molecule has 48 heavy (non-hydrogen) atoms.